The van der Waals surface area contributed by atoms with Crippen LogP contribution in [0.5, 0.6) is 0 Å². The van der Waals surface area contributed by atoms with Crippen LogP contribution >= 0.6 is 15.9 Å². The first-order chi connectivity index (χ1) is 9.10. The minimum Gasteiger partial charge on any atom is -0.383 e. The Morgan fingerprint density at radius 3 is 2.68 bits per heavy atom. The highest BCUT2D eigenvalue weighted by molar-refractivity contribution is 9.10. The number of carbonyl (C=O) groups is 1. The predicted molar refractivity (Wildman–Crippen MR) is 76.2 cm³/mol. The number of nitrogens with zero attached hydrogens (tertiary/aromatic N) is 2. The number of carbonyl (C=O) groups excluding carboxylic acids is 1. The second kappa shape index (κ2) is 8.24. The Balaban J connectivity index is 2.83. The van der Waals surface area contributed by atoms with Crippen molar-refractivity contribution in [1.82, 2.24) is 9.88 Å². The fraction of sp³-hybridized carbons (Fsp3) is 0.538. The van der Waals surface area contributed by atoms with Gasteiger partial charge in [0, 0.05) is 31.4 Å². The summed E-state index contributed by atoms with van der Waals surface area (Å²) in [5.41, 5.74) is 0.419. The Labute approximate surface area is 122 Å². The van der Waals surface area contributed by atoms with E-state index in [2.05, 4.69) is 20.9 Å². The van der Waals surface area contributed by atoms with Gasteiger partial charge < -0.3 is 14.4 Å². The Bertz CT molecular complexity index is 397. The van der Waals surface area contributed by atoms with Gasteiger partial charge in [0.25, 0.3) is 5.91 Å². The van der Waals surface area contributed by atoms with Gasteiger partial charge >= 0.3 is 0 Å². The number of amides is 1. The zero-order valence-corrected chi connectivity index (χ0v) is 13.0. The molecule has 1 aromatic heterocycles. The summed E-state index contributed by atoms with van der Waals surface area (Å²) >= 11 is 3.30. The topological polar surface area (TPSA) is 51.7 Å². The van der Waals surface area contributed by atoms with E-state index in [-0.39, 0.29) is 11.9 Å². The summed E-state index contributed by atoms with van der Waals surface area (Å²) < 4.78 is 11.0. The Kier molecular flexibility index (Phi) is 6.97. The van der Waals surface area contributed by atoms with Crippen LogP contribution in [0, 0.1) is 0 Å². The maximum Gasteiger partial charge on any atom is 0.272 e. The molecule has 1 unspecified atom stereocenters. The van der Waals surface area contributed by atoms with Gasteiger partial charge in [0.05, 0.1) is 19.3 Å². The van der Waals surface area contributed by atoms with Crippen molar-refractivity contribution in [3.63, 3.8) is 0 Å². The molecule has 6 heteroatoms. The lowest BCUT2D eigenvalue weighted by atomic mass is 10.2. The number of hydrogen-bond donors (Lipinski definition) is 0. The minimum atomic E-state index is -0.117. The summed E-state index contributed by atoms with van der Waals surface area (Å²) in [5.74, 6) is -0.117. The van der Waals surface area contributed by atoms with Crippen LogP contribution in [0.3, 0.4) is 0 Å². The van der Waals surface area contributed by atoms with Crippen molar-refractivity contribution >= 4 is 21.8 Å². The van der Waals surface area contributed by atoms with Crippen LogP contribution in [-0.4, -0.2) is 55.8 Å². The van der Waals surface area contributed by atoms with Crippen molar-refractivity contribution < 1.29 is 14.3 Å². The van der Waals surface area contributed by atoms with E-state index in [1.807, 2.05) is 6.92 Å². The van der Waals surface area contributed by atoms with Gasteiger partial charge in [0.2, 0.25) is 0 Å². The monoisotopic (exact) mass is 330 g/mol. The van der Waals surface area contributed by atoms with Gasteiger partial charge in [-0.15, -0.1) is 0 Å². The first-order valence-corrected chi connectivity index (χ1v) is 6.79. The summed E-state index contributed by atoms with van der Waals surface area (Å²) in [5, 5.41) is 0. The van der Waals surface area contributed by atoms with Gasteiger partial charge in [0.1, 0.15) is 5.69 Å². The minimum absolute atomic E-state index is 0.0295. The predicted octanol–water partition coefficient (Wildman–Crippen LogP) is 1.97. The molecule has 0 saturated carbocycles. The lowest BCUT2D eigenvalue weighted by Crippen LogP contribution is -2.43. The van der Waals surface area contributed by atoms with E-state index in [1.54, 1.807) is 37.4 Å². The molecule has 1 heterocycles. The molecule has 0 aliphatic rings. The third kappa shape index (κ3) is 4.89. The van der Waals surface area contributed by atoms with Crippen molar-refractivity contribution in [2.24, 2.45) is 0 Å². The molecule has 0 spiro atoms. The fourth-order valence-electron chi connectivity index (χ4n) is 1.69. The number of ether oxygens (including phenoxy) is 2. The average Bonchev–Trinajstić information content (AvgIpc) is 2.40. The first-order valence-electron chi connectivity index (χ1n) is 6.00. The molecule has 106 valence electrons. The summed E-state index contributed by atoms with van der Waals surface area (Å²) in [4.78, 5) is 18.3. The summed E-state index contributed by atoms with van der Waals surface area (Å²) in [6, 6.07) is 3.47. The Morgan fingerprint density at radius 2 is 2.16 bits per heavy atom. The first kappa shape index (κ1) is 16.1. The Hall–Kier alpha value is -0.980. The molecule has 1 aromatic rings. The molecule has 0 radical (unpaired) electrons. The van der Waals surface area contributed by atoms with E-state index >= 15 is 0 Å². The number of rotatable bonds is 7. The Morgan fingerprint density at radius 1 is 1.42 bits per heavy atom. The van der Waals surface area contributed by atoms with E-state index in [0.717, 1.165) is 4.47 Å². The highest BCUT2D eigenvalue weighted by Crippen LogP contribution is 2.11. The third-order valence-electron chi connectivity index (χ3n) is 2.68. The van der Waals surface area contributed by atoms with E-state index in [1.165, 1.54) is 0 Å². The van der Waals surface area contributed by atoms with Gasteiger partial charge in [-0.2, -0.15) is 0 Å². The second-order valence-electron chi connectivity index (χ2n) is 4.16. The van der Waals surface area contributed by atoms with Gasteiger partial charge in [-0.25, -0.2) is 4.98 Å². The smallest absolute Gasteiger partial charge is 0.272 e. The molecule has 5 nitrogen and oxygen atoms in total. The van der Waals surface area contributed by atoms with Gasteiger partial charge in [-0.05, 0) is 35.0 Å². The van der Waals surface area contributed by atoms with Crippen LogP contribution in [0.15, 0.2) is 22.8 Å². The molecular formula is C13H19BrN2O3. The number of pyridine rings is 1. The van der Waals surface area contributed by atoms with Crippen LogP contribution < -0.4 is 0 Å². The lowest BCUT2D eigenvalue weighted by Gasteiger charge is -2.28. The maximum absolute atomic E-state index is 12.4. The molecule has 0 saturated heterocycles. The third-order valence-corrected chi connectivity index (χ3v) is 3.15. The van der Waals surface area contributed by atoms with Crippen molar-refractivity contribution in [3.05, 3.63) is 28.5 Å². The number of aromatic nitrogens is 1. The molecule has 0 aliphatic heterocycles. The van der Waals surface area contributed by atoms with Crippen molar-refractivity contribution in [2.45, 2.75) is 13.0 Å². The molecule has 19 heavy (non-hydrogen) atoms. The number of hydrogen-bond acceptors (Lipinski definition) is 4. The van der Waals surface area contributed by atoms with Gasteiger partial charge in [-0.1, -0.05) is 0 Å². The van der Waals surface area contributed by atoms with Crippen molar-refractivity contribution in [3.8, 4) is 0 Å². The summed E-state index contributed by atoms with van der Waals surface area (Å²) in [6.07, 6.45) is 1.61. The van der Waals surface area contributed by atoms with Crippen LogP contribution in [-0.2, 0) is 9.47 Å². The SMILES string of the molecule is COCCN(C(=O)c1ccc(Br)cn1)C(C)COC. The second-order valence-corrected chi connectivity index (χ2v) is 5.07. The summed E-state index contributed by atoms with van der Waals surface area (Å²) in [7, 11) is 3.23. The van der Waals surface area contributed by atoms with Gasteiger partial charge in [-0.3, -0.25) is 4.79 Å². The molecule has 1 rings (SSSR count). The van der Waals surface area contributed by atoms with E-state index < -0.39 is 0 Å². The average molecular weight is 331 g/mol. The molecule has 1 amide bonds. The quantitative estimate of drug-likeness (QED) is 0.767. The lowest BCUT2D eigenvalue weighted by molar-refractivity contribution is 0.0474. The largest absolute Gasteiger partial charge is 0.383 e. The van der Waals surface area contributed by atoms with Crippen LogP contribution in [0.4, 0.5) is 0 Å². The van der Waals surface area contributed by atoms with E-state index in [9.17, 15) is 4.79 Å². The molecule has 0 N–H and O–H groups in total. The molecule has 0 bridgehead atoms. The van der Waals surface area contributed by atoms with Gasteiger partial charge in [0.15, 0.2) is 0 Å². The highest BCUT2D eigenvalue weighted by Gasteiger charge is 2.22. The summed E-state index contributed by atoms with van der Waals surface area (Å²) in [6.45, 7) is 3.41. The molecule has 0 fully saturated rings. The molecule has 1 atom stereocenters. The van der Waals surface area contributed by atoms with Crippen LogP contribution in [0.1, 0.15) is 17.4 Å². The number of halogens is 1. The standard InChI is InChI=1S/C13H19BrN2O3/c1-10(9-19-3)16(6-7-18-2)13(17)12-5-4-11(14)8-15-12/h4-5,8,10H,6-7,9H2,1-3H3. The zero-order chi connectivity index (χ0) is 14.3. The zero-order valence-electron chi connectivity index (χ0n) is 11.4. The normalized spacial score (nSPS) is 12.2. The molecule has 0 aromatic carbocycles. The van der Waals surface area contributed by atoms with Crippen LogP contribution in [0.2, 0.25) is 0 Å². The van der Waals surface area contributed by atoms with Crippen LogP contribution in [0.25, 0.3) is 0 Å². The van der Waals surface area contributed by atoms with E-state index in [0.29, 0.717) is 25.5 Å². The molecular weight excluding hydrogens is 312 g/mol. The fourth-order valence-corrected chi connectivity index (χ4v) is 1.93. The highest BCUT2D eigenvalue weighted by atomic mass is 79.9. The maximum atomic E-state index is 12.4. The van der Waals surface area contributed by atoms with E-state index in [4.69, 9.17) is 9.47 Å². The number of methoxy groups -OCH3 is 2. The van der Waals surface area contributed by atoms with Crippen molar-refractivity contribution in [2.75, 3.05) is 34.0 Å². The molecule has 0 aliphatic carbocycles. The van der Waals surface area contributed by atoms with Crippen molar-refractivity contribution in [1.29, 1.82) is 0 Å².